The fourth-order valence-corrected chi connectivity index (χ4v) is 4.10. The molecule has 8 nitrogen and oxygen atoms in total. The zero-order valence-electron chi connectivity index (χ0n) is 18.0. The number of morpholine rings is 1. The number of nitrogens with one attached hydrogen (secondary N) is 1. The molecule has 0 atom stereocenters. The Labute approximate surface area is 190 Å². The lowest BCUT2D eigenvalue weighted by molar-refractivity contribution is 0.0342. The number of carbonyl (C=O) groups excluding carboxylic acids is 3. The molecule has 168 valence electrons. The van der Waals surface area contributed by atoms with E-state index in [2.05, 4.69) is 10.2 Å². The van der Waals surface area contributed by atoms with Crippen LogP contribution in [0.1, 0.15) is 42.4 Å². The highest BCUT2D eigenvalue weighted by atomic mass is 16.5. The minimum atomic E-state index is -0.437. The average molecular weight is 445 g/mol. The second-order valence-corrected chi connectivity index (χ2v) is 8.08. The van der Waals surface area contributed by atoms with Crippen LogP contribution in [-0.2, 0) is 17.8 Å². The maximum absolute atomic E-state index is 12.9. The predicted octanol–water partition coefficient (Wildman–Crippen LogP) is 3.16. The number of benzene rings is 2. The van der Waals surface area contributed by atoms with Gasteiger partial charge in [0, 0.05) is 30.9 Å². The van der Waals surface area contributed by atoms with Crippen LogP contribution in [0.4, 0.5) is 5.69 Å². The average Bonchev–Trinajstić information content (AvgIpc) is 3.43. The molecule has 2 aliphatic heterocycles. The summed E-state index contributed by atoms with van der Waals surface area (Å²) >= 11 is 0. The van der Waals surface area contributed by atoms with Crippen LogP contribution < -0.4 is 5.32 Å². The van der Waals surface area contributed by atoms with Crippen molar-refractivity contribution in [2.45, 2.75) is 13.1 Å². The van der Waals surface area contributed by atoms with Gasteiger partial charge in [-0.15, -0.1) is 0 Å². The van der Waals surface area contributed by atoms with E-state index in [0.29, 0.717) is 17.0 Å². The molecular formula is C25H23N3O5. The van der Waals surface area contributed by atoms with Gasteiger partial charge in [-0.3, -0.25) is 24.2 Å². The molecular weight excluding hydrogens is 422 g/mol. The van der Waals surface area contributed by atoms with Crippen molar-refractivity contribution >= 4 is 23.4 Å². The van der Waals surface area contributed by atoms with Crippen molar-refractivity contribution in [1.82, 2.24) is 9.80 Å². The van der Waals surface area contributed by atoms with Crippen molar-refractivity contribution in [2.75, 3.05) is 31.6 Å². The number of nitrogens with zero attached hydrogens (tertiary/aromatic N) is 2. The summed E-state index contributed by atoms with van der Waals surface area (Å²) in [5.41, 5.74) is 2.59. The van der Waals surface area contributed by atoms with Gasteiger partial charge >= 0.3 is 0 Å². The quantitative estimate of drug-likeness (QED) is 0.586. The normalized spacial score (nSPS) is 16.2. The number of amides is 3. The summed E-state index contributed by atoms with van der Waals surface area (Å²) < 4.78 is 10.6. The molecule has 1 N–H and O–H groups in total. The van der Waals surface area contributed by atoms with Crippen LogP contribution >= 0.6 is 0 Å². The zero-order chi connectivity index (χ0) is 22.8. The van der Waals surface area contributed by atoms with E-state index in [1.807, 2.05) is 24.3 Å². The van der Waals surface area contributed by atoms with Gasteiger partial charge in [0.25, 0.3) is 17.7 Å². The highest BCUT2D eigenvalue weighted by Gasteiger charge is 2.36. The number of hydrogen-bond acceptors (Lipinski definition) is 6. The van der Waals surface area contributed by atoms with E-state index < -0.39 is 11.8 Å². The number of furan rings is 1. The highest BCUT2D eigenvalue weighted by Crippen LogP contribution is 2.26. The molecule has 0 aliphatic carbocycles. The van der Waals surface area contributed by atoms with E-state index >= 15 is 0 Å². The minimum absolute atomic E-state index is 0.0524. The molecule has 0 spiro atoms. The lowest BCUT2D eigenvalue weighted by Gasteiger charge is -2.26. The van der Waals surface area contributed by atoms with Gasteiger partial charge < -0.3 is 14.5 Å². The van der Waals surface area contributed by atoms with Gasteiger partial charge in [0.15, 0.2) is 0 Å². The molecule has 3 heterocycles. The van der Waals surface area contributed by atoms with Gasteiger partial charge in [-0.2, -0.15) is 0 Å². The minimum Gasteiger partial charge on any atom is -0.467 e. The van der Waals surface area contributed by atoms with Crippen LogP contribution in [0.3, 0.4) is 0 Å². The molecule has 0 saturated carbocycles. The Hall–Kier alpha value is -3.75. The Kier molecular flexibility index (Phi) is 5.77. The van der Waals surface area contributed by atoms with E-state index in [-0.39, 0.29) is 23.6 Å². The van der Waals surface area contributed by atoms with Crippen molar-refractivity contribution in [3.63, 3.8) is 0 Å². The molecule has 1 fully saturated rings. The summed E-state index contributed by atoms with van der Waals surface area (Å²) in [7, 11) is 0. The summed E-state index contributed by atoms with van der Waals surface area (Å²) in [5.74, 6) is -0.659. The number of anilines is 1. The largest absolute Gasteiger partial charge is 0.467 e. The Bertz CT molecular complexity index is 1200. The zero-order valence-corrected chi connectivity index (χ0v) is 18.0. The lowest BCUT2D eigenvalue weighted by Crippen LogP contribution is -2.35. The number of ether oxygens (including phenoxy) is 1. The second kappa shape index (κ2) is 9.01. The van der Waals surface area contributed by atoms with Crippen molar-refractivity contribution in [2.24, 2.45) is 0 Å². The van der Waals surface area contributed by atoms with Gasteiger partial charge in [-0.05, 0) is 48.0 Å². The van der Waals surface area contributed by atoms with Gasteiger partial charge in [0.05, 0.1) is 37.1 Å². The Balaban J connectivity index is 1.29. The predicted molar refractivity (Wildman–Crippen MR) is 120 cm³/mol. The molecule has 0 radical (unpaired) electrons. The first-order valence-electron chi connectivity index (χ1n) is 10.8. The fraction of sp³-hybridized carbons (Fsp3) is 0.240. The van der Waals surface area contributed by atoms with E-state index in [1.54, 1.807) is 18.2 Å². The maximum atomic E-state index is 12.9. The third kappa shape index (κ3) is 4.44. The summed E-state index contributed by atoms with van der Waals surface area (Å²) in [6.07, 6.45) is 1.49. The Morgan fingerprint density at radius 3 is 2.52 bits per heavy atom. The van der Waals surface area contributed by atoms with Gasteiger partial charge in [-0.25, -0.2) is 0 Å². The first-order valence-corrected chi connectivity index (χ1v) is 10.8. The molecule has 33 heavy (non-hydrogen) atoms. The van der Waals surface area contributed by atoms with Crippen LogP contribution in [0.2, 0.25) is 0 Å². The van der Waals surface area contributed by atoms with E-state index in [4.69, 9.17) is 9.15 Å². The van der Waals surface area contributed by atoms with Crippen LogP contribution in [0.15, 0.2) is 65.3 Å². The van der Waals surface area contributed by atoms with Crippen LogP contribution in [0.25, 0.3) is 0 Å². The molecule has 8 heteroatoms. The molecule has 5 rings (SSSR count). The van der Waals surface area contributed by atoms with Crippen LogP contribution in [0.5, 0.6) is 0 Å². The third-order valence-electron chi connectivity index (χ3n) is 5.82. The van der Waals surface area contributed by atoms with Crippen LogP contribution in [0, 0.1) is 0 Å². The van der Waals surface area contributed by atoms with Gasteiger partial charge in [-0.1, -0.05) is 12.1 Å². The molecule has 1 saturated heterocycles. The first-order chi connectivity index (χ1) is 16.1. The molecule has 0 bridgehead atoms. The van der Waals surface area contributed by atoms with Crippen molar-refractivity contribution in [3.8, 4) is 0 Å². The maximum Gasteiger partial charge on any atom is 0.261 e. The number of fused-ring (bicyclic) bond motifs is 1. The number of carbonyl (C=O) groups is 3. The number of hydrogen-bond donors (Lipinski definition) is 1. The lowest BCUT2D eigenvalue weighted by atomic mass is 10.1. The highest BCUT2D eigenvalue weighted by molar-refractivity contribution is 6.22. The molecule has 1 aromatic heterocycles. The van der Waals surface area contributed by atoms with Crippen molar-refractivity contribution in [3.05, 3.63) is 88.9 Å². The standard InChI is InChI=1S/C25H23N3O5/c29-23(26-19-4-1-3-17(13-19)15-27-8-11-32-12-9-27)18-6-7-21-22(14-18)25(31)28(24(21)30)16-20-5-2-10-33-20/h1-7,10,13-14H,8-9,11-12,15-16H2,(H,26,29). The second-order valence-electron chi connectivity index (χ2n) is 8.08. The molecule has 2 aliphatic rings. The Morgan fingerprint density at radius 2 is 1.73 bits per heavy atom. The molecule has 2 aromatic carbocycles. The molecule has 3 amide bonds. The van der Waals surface area contributed by atoms with Crippen molar-refractivity contribution < 1.29 is 23.5 Å². The topological polar surface area (TPSA) is 92.1 Å². The van der Waals surface area contributed by atoms with Gasteiger partial charge in [0.1, 0.15) is 5.76 Å². The van der Waals surface area contributed by atoms with Crippen molar-refractivity contribution in [1.29, 1.82) is 0 Å². The van der Waals surface area contributed by atoms with E-state index in [0.717, 1.165) is 43.3 Å². The van der Waals surface area contributed by atoms with E-state index in [9.17, 15) is 14.4 Å². The summed E-state index contributed by atoms with van der Waals surface area (Å²) in [5, 5.41) is 2.89. The summed E-state index contributed by atoms with van der Waals surface area (Å²) in [4.78, 5) is 41.8. The number of rotatable bonds is 6. The monoisotopic (exact) mass is 445 g/mol. The van der Waals surface area contributed by atoms with E-state index in [1.165, 1.54) is 18.4 Å². The molecule has 0 unspecified atom stereocenters. The Morgan fingerprint density at radius 1 is 0.909 bits per heavy atom. The SMILES string of the molecule is O=C(Nc1cccc(CN2CCOCC2)c1)c1ccc2c(c1)C(=O)N(Cc1ccco1)C2=O. The van der Waals surface area contributed by atoms with Crippen LogP contribution in [-0.4, -0.2) is 53.8 Å². The summed E-state index contributed by atoms with van der Waals surface area (Å²) in [6, 6.07) is 15.7. The van der Waals surface area contributed by atoms with Gasteiger partial charge in [0.2, 0.25) is 0 Å². The summed E-state index contributed by atoms with van der Waals surface area (Å²) in [6.45, 7) is 4.07. The smallest absolute Gasteiger partial charge is 0.261 e. The number of imide groups is 1. The first kappa shape index (κ1) is 21.1. The molecule has 3 aromatic rings. The third-order valence-corrected chi connectivity index (χ3v) is 5.82. The fourth-order valence-electron chi connectivity index (χ4n) is 4.10.